The maximum absolute atomic E-state index is 13.3. The number of amides is 1. The van der Waals surface area contributed by atoms with Gasteiger partial charge in [-0.3, -0.25) is 9.59 Å². The molecule has 2 atom stereocenters. The zero-order chi connectivity index (χ0) is 25.1. The second-order valence-electron chi connectivity index (χ2n) is 9.10. The third-order valence-electron chi connectivity index (χ3n) is 6.89. The van der Waals surface area contributed by atoms with Gasteiger partial charge >= 0.3 is 0 Å². The Morgan fingerprint density at radius 3 is 2.66 bits per heavy atom. The van der Waals surface area contributed by atoms with Crippen LogP contribution in [0.25, 0.3) is 5.76 Å². The fraction of sp³-hybridized carbons (Fsp3) is 0.429. The maximum atomic E-state index is 13.3. The summed E-state index contributed by atoms with van der Waals surface area (Å²) >= 11 is 0. The lowest BCUT2D eigenvalue weighted by molar-refractivity contribution is -0.140. The lowest BCUT2D eigenvalue weighted by Gasteiger charge is -2.27. The predicted octanol–water partition coefficient (Wildman–Crippen LogP) is 4.17. The molecule has 1 amide bonds. The van der Waals surface area contributed by atoms with E-state index in [-0.39, 0.29) is 17.4 Å². The summed E-state index contributed by atoms with van der Waals surface area (Å²) in [4.78, 5) is 30.4. The van der Waals surface area contributed by atoms with Gasteiger partial charge in [-0.2, -0.15) is 0 Å². The van der Waals surface area contributed by atoms with Crippen LogP contribution in [0, 0.1) is 0 Å². The number of rotatable bonds is 9. The lowest BCUT2D eigenvalue weighted by Crippen LogP contribution is -2.33. The molecule has 1 saturated heterocycles. The number of ether oxygens (including phenoxy) is 2. The van der Waals surface area contributed by atoms with Crippen molar-refractivity contribution in [2.75, 3.05) is 33.3 Å². The van der Waals surface area contributed by atoms with Crippen LogP contribution in [0.2, 0.25) is 0 Å². The molecule has 0 bridgehead atoms. The molecule has 0 aliphatic carbocycles. The number of nitrogens with zero attached hydrogens (tertiary/aromatic N) is 2. The number of methoxy groups -OCH3 is 1. The minimum atomic E-state index is -0.690. The molecule has 0 aromatic heterocycles. The number of carbonyl (C=O) groups excluding carboxylic acids is 2. The zero-order valence-corrected chi connectivity index (χ0v) is 20.9. The van der Waals surface area contributed by atoms with Crippen molar-refractivity contribution in [1.29, 1.82) is 0 Å². The average Bonchev–Trinajstić information content (AvgIpc) is 3.37. The van der Waals surface area contributed by atoms with Crippen LogP contribution < -0.4 is 9.47 Å². The molecule has 1 N–H and O–H groups in total. The molecule has 186 valence electrons. The van der Waals surface area contributed by atoms with E-state index in [4.69, 9.17) is 9.47 Å². The first kappa shape index (κ1) is 24.8. The fourth-order valence-electron chi connectivity index (χ4n) is 5.00. The number of benzene rings is 2. The summed E-state index contributed by atoms with van der Waals surface area (Å²) < 4.78 is 11.2. The molecule has 2 aliphatic rings. The van der Waals surface area contributed by atoms with Crippen LogP contribution in [0.4, 0.5) is 0 Å². The number of aliphatic hydroxyl groups is 1. The molecule has 1 fully saturated rings. The average molecular weight is 479 g/mol. The number of aliphatic hydroxyl groups excluding tert-OH is 1. The van der Waals surface area contributed by atoms with Crippen LogP contribution in [0.5, 0.6) is 11.5 Å². The Bertz CT molecular complexity index is 1140. The van der Waals surface area contributed by atoms with Gasteiger partial charge in [0.2, 0.25) is 0 Å². The van der Waals surface area contributed by atoms with Gasteiger partial charge in [-0.1, -0.05) is 26.0 Å². The highest BCUT2D eigenvalue weighted by Crippen LogP contribution is 2.41. The van der Waals surface area contributed by atoms with Gasteiger partial charge < -0.3 is 24.4 Å². The molecular weight excluding hydrogens is 444 g/mol. The van der Waals surface area contributed by atoms with E-state index in [1.165, 1.54) is 0 Å². The summed E-state index contributed by atoms with van der Waals surface area (Å²) in [5, 5.41) is 11.4. The molecule has 2 heterocycles. The molecule has 0 saturated carbocycles. The summed E-state index contributed by atoms with van der Waals surface area (Å²) in [6.07, 6.45) is 1.52. The SMILES string of the molecule is CCN(CC)CCCN1C(=O)C(=O)C(=C(O)c2ccc3c(c2)C[C@@H](C)O3)[C@@H]1c1cccc(OC)c1. The zero-order valence-electron chi connectivity index (χ0n) is 20.9. The monoisotopic (exact) mass is 478 g/mol. The Hall–Kier alpha value is -3.32. The fourth-order valence-corrected chi connectivity index (χ4v) is 5.00. The van der Waals surface area contributed by atoms with Crippen molar-refractivity contribution in [3.63, 3.8) is 0 Å². The van der Waals surface area contributed by atoms with Crippen LogP contribution >= 0.6 is 0 Å². The van der Waals surface area contributed by atoms with E-state index in [1.807, 2.05) is 43.3 Å². The van der Waals surface area contributed by atoms with E-state index in [0.29, 0.717) is 17.9 Å². The number of hydrogen-bond donors (Lipinski definition) is 1. The minimum Gasteiger partial charge on any atom is -0.507 e. The summed E-state index contributed by atoms with van der Waals surface area (Å²) in [5.74, 6) is 0.000203. The summed E-state index contributed by atoms with van der Waals surface area (Å²) in [6, 6.07) is 12.0. The molecule has 4 rings (SSSR count). The van der Waals surface area contributed by atoms with E-state index in [1.54, 1.807) is 18.1 Å². The Morgan fingerprint density at radius 1 is 1.17 bits per heavy atom. The van der Waals surface area contributed by atoms with Gasteiger partial charge in [-0.15, -0.1) is 0 Å². The van der Waals surface area contributed by atoms with Crippen molar-refractivity contribution in [2.24, 2.45) is 0 Å². The summed E-state index contributed by atoms with van der Waals surface area (Å²) in [5.41, 5.74) is 2.33. The topological polar surface area (TPSA) is 79.3 Å². The highest BCUT2D eigenvalue weighted by molar-refractivity contribution is 6.46. The van der Waals surface area contributed by atoms with Gasteiger partial charge in [-0.25, -0.2) is 0 Å². The number of hydrogen-bond acceptors (Lipinski definition) is 6. The molecule has 7 heteroatoms. The third-order valence-corrected chi connectivity index (χ3v) is 6.89. The van der Waals surface area contributed by atoms with Crippen LogP contribution in [0.1, 0.15) is 49.9 Å². The van der Waals surface area contributed by atoms with Crippen molar-refractivity contribution >= 4 is 17.4 Å². The Kier molecular flexibility index (Phi) is 7.45. The van der Waals surface area contributed by atoms with Gasteiger partial charge in [0.25, 0.3) is 11.7 Å². The highest BCUT2D eigenvalue weighted by Gasteiger charge is 2.46. The summed E-state index contributed by atoms with van der Waals surface area (Å²) in [6.45, 7) is 9.29. The van der Waals surface area contributed by atoms with Crippen molar-refractivity contribution in [3.8, 4) is 11.5 Å². The van der Waals surface area contributed by atoms with E-state index < -0.39 is 17.7 Å². The van der Waals surface area contributed by atoms with E-state index in [0.717, 1.165) is 49.4 Å². The standard InChI is InChI=1S/C28H34N2O5/c1-5-29(6-2)13-8-14-30-25(19-9-7-10-22(17-19)34-4)24(27(32)28(30)33)26(31)20-11-12-23-21(16-20)15-18(3)35-23/h7,9-12,16-18,25,31H,5-6,8,13-15H2,1-4H3/t18-,25+/m1/s1. The second kappa shape index (κ2) is 10.5. The van der Waals surface area contributed by atoms with Gasteiger partial charge in [0.15, 0.2) is 0 Å². The van der Waals surface area contributed by atoms with Crippen molar-refractivity contribution < 1.29 is 24.2 Å². The molecule has 2 aromatic carbocycles. The Balaban J connectivity index is 1.75. The van der Waals surface area contributed by atoms with Crippen LogP contribution in [-0.2, 0) is 16.0 Å². The normalized spacial score (nSPS) is 20.9. The van der Waals surface area contributed by atoms with E-state index >= 15 is 0 Å². The highest BCUT2D eigenvalue weighted by atomic mass is 16.5. The van der Waals surface area contributed by atoms with E-state index in [2.05, 4.69) is 18.7 Å². The first-order valence-corrected chi connectivity index (χ1v) is 12.3. The molecule has 2 aliphatic heterocycles. The first-order valence-electron chi connectivity index (χ1n) is 12.3. The van der Waals surface area contributed by atoms with Crippen LogP contribution in [0.15, 0.2) is 48.0 Å². The number of fused-ring (bicyclic) bond motifs is 1. The van der Waals surface area contributed by atoms with Gasteiger partial charge in [-0.05, 0) is 74.4 Å². The Morgan fingerprint density at radius 2 is 1.94 bits per heavy atom. The number of likely N-dealkylation sites (tertiary alicyclic amines) is 1. The molecule has 35 heavy (non-hydrogen) atoms. The molecule has 7 nitrogen and oxygen atoms in total. The third kappa shape index (κ3) is 4.91. The van der Waals surface area contributed by atoms with Gasteiger partial charge in [0.1, 0.15) is 23.4 Å². The minimum absolute atomic E-state index is 0.0653. The maximum Gasteiger partial charge on any atom is 0.295 e. The largest absolute Gasteiger partial charge is 0.507 e. The molecule has 0 spiro atoms. The number of ketones is 1. The molecule has 0 unspecified atom stereocenters. The van der Waals surface area contributed by atoms with Crippen molar-refractivity contribution in [3.05, 3.63) is 64.7 Å². The number of carbonyl (C=O) groups is 2. The van der Waals surface area contributed by atoms with Gasteiger partial charge in [0.05, 0.1) is 18.7 Å². The number of Topliss-reactive ketones (excluding diaryl/α,β-unsaturated/α-hetero) is 1. The van der Waals surface area contributed by atoms with Crippen LogP contribution in [-0.4, -0.2) is 66.0 Å². The molecule has 2 aromatic rings. The Labute approximate surface area is 206 Å². The van der Waals surface area contributed by atoms with Crippen LogP contribution in [0.3, 0.4) is 0 Å². The van der Waals surface area contributed by atoms with Crippen molar-refractivity contribution in [2.45, 2.75) is 45.8 Å². The second-order valence-corrected chi connectivity index (χ2v) is 9.10. The molecule has 0 radical (unpaired) electrons. The smallest absolute Gasteiger partial charge is 0.295 e. The lowest BCUT2D eigenvalue weighted by atomic mass is 9.94. The summed E-state index contributed by atoms with van der Waals surface area (Å²) in [7, 11) is 1.58. The predicted molar refractivity (Wildman–Crippen MR) is 135 cm³/mol. The quantitative estimate of drug-likeness (QED) is 0.331. The van der Waals surface area contributed by atoms with Crippen molar-refractivity contribution in [1.82, 2.24) is 9.80 Å². The van der Waals surface area contributed by atoms with Gasteiger partial charge in [0, 0.05) is 18.5 Å². The first-order chi connectivity index (χ1) is 16.9. The molecular formula is C28H34N2O5. The van der Waals surface area contributed by atoms with E-state index in [9.17, 15) is 14.7 Å².